The van der Waals surface area contributed by atoms with Crippen LogP contribution in [0.4, 0.5) is 17.1 Å². The number of thioether (sulfide) groups is 1. The van der Waals surface area contributed by atoms with Crippen molar-refractivity contribution in [1.82, 2.24) is 0 Å². The molecule has 0 unspecified atom stereocenters. The van der Waals surface area contributed by atoms with Crippen molar-refractivity contribution >= 4 is 46.0 Å². The van der Waals surface area contributed by atoms with Crippen LogP contribution >= 0.6 is 11.8 Å². The third kappa shape index (κ3) is 4.13. The second-order valence-corrected chi connectivity index (χ2v) is 8.05. The molecule has 0 spiro atoms. The molecule has 0 N–H and O–H groups in total. The number of benzene rings is 3. The smallest absolute Gasteiger partial charge is 0.268 e. The molecule has 1 heterocycles. The fourth-order valence-electron chi connectivity index (χ4n) is 3.35. The van der Waals surface area contributed by atoms with Gasteiger partial charge in [0.15, 0.2) is 5.17 Å². The van der Waals surface area contributed by atoms with Crippen LogP contribution in [0.1, 0.15) is 16.7 Å². The van der Waals surface area contributed by atoms with Crippen LogP contribution in [0, 0.1) is 24.0 Å². The molecule has 4 rings (SSSR count). The van der Waals surface area contributed by atoms with Gasteiger partial charge >= 0.3 is 0 Å². The first-order valence-corrected chi connectivity index (χ1v) is 10.4. The lowest BCUT2D eigenvalue weighted by Gasteiger charge is -2.16. The van der Waals surface area contributed by atoms with E-state index in [1.54, 1.807) is 29.2 Å². The van der Waals surface area contributed by atoms with Crippen LogP contribution in [0.15, 0.2) is 82.7 Å². The van der Waals surface area contributed by atoms with Crippen molar-refractivity contribution in [3.8, 4) is 0 Å². The van der Waals surface area contributed by atoms with Gasteiger partial charge in [-0.25, -0.2) is 4.99 Å². The number of amides is 1. The number of hydrogen-bond acceptors (Lipinski definition) is 5. The summed E-state index contributed by atoms with van der Waals surface area (Å²) in [5, 5.41) is 11.9. The van der Waals surface area contributed by atoms with Crippen LogP contribution in [-0.2, 0) is 4.79 Å². The molecule has 6 nitrogen and oxygen atoms in total. The molecule has 154 valence electrons. The van der Waals surface area contributed by atoms with Crippen molar-refractivity contribution in [2.75, 3.05) is 4.90 Å². The number of nitrogens with zero attached hydrogens (tertiary/aromatic N) is 3. The fraction of sp³-hybridized carbons (Fsp3) is 0.0833. The number of para-hydroxylation sites is 3. The third-order valence-corrected chi connectivity index (χ3v) is 5.86. The van der Waals surface area contributed by atoms with E-state index in [1.165, 1.54) is 17.8 Å². The molecule has 0 aliphatic carbocycles. The monoisotopic (exact) mass is 429 g/mol. The number of nitro benzene ring substituents is 1. The topological polar surface area (TPSA) is 75.8 Å². The second-order valence-electron chi connectivity index (χ2n) is 7.04. The van der Waals surface area contributed by atoms with Crippen molar-refractivity contribution < 1.29 is 9.72 Å². The minimum Gasteiger partial charge on any atom is -0.268 e. The first-order valence-electron chi connectivity index (χ1n) is 9.63. The molecule has 3 aromatic carbocycles. The fourth-order valence-corrected chi connectivity index (χ4v) is 4.33. The van der Waals surface area contributed by atoms with E-state index < -0.39 is 4.92 Å². The minimum atomic E-state index is -0.447. The number of rotatable bonds is 4. The highest BCUT2D eigenvalue weighted by molar-refractivity contribution is 8.19. The van der Waals surface area contributed by atoms with Crippen LogP contribution < -0.4 is 4.90 Å². The zero-order valence-electron chi connectivity index (χ0n) is 17.0. The van der Waals surface area contributed by atoms with Gasteiger partial charge in [0.05, 0.1) is 26.8 Å². The summed E-state index contributed by atoms with van der Waals surface area (Å²) in [5.41, 5.74) is 3.84. The molecule has 0 saturated carbocycles. The van der Waals surface area contributed by atoms with E-state index >= 15 is 0 Å². The van der Waals surface area contributed by atoms with Gasteiger partial charge in [-0.1, -0.05) is 48.5 Å². The zero-order valence-corrected chi connectivity index (χ0v) is 17.8. The van der Waals surface area contributed by atoms with E-state index in [9.17, 15) is 14.9 Å². The molecule has 0 bridgehead atoms. The highest BCUT2D eigenvalue weighted by atomic mass is 32.2. The lowest BCUT2D eigenvalue weighted by molar-refractivity contribution is -0.385. The molecule has 1 fully saturated rings. The van der Waals surface area contributed by atoms with Crippen LogP contribution in [0.5, 0.6) is 0 Å². The predicted octanol–water partition coefficient (Wildman–Crippen LogP) is 6.02. The molecule has 31 heavy (non-hydrogen) atoms. The Bertz CT molecular complexity index is 1220. The van der Waals surface area contributed by atoms with E-state index in [0.29, 0.717) is 21.3 Å². The molecule has 0 aromatic heterocycles. The van der Waals surface area contributed by atoms with Gasteiger partial charge < -0.3 is 0 Å². The quantitative estimate of drug-likeness (QED) is 0.289. The van der Waals surface area contributed by atoms with Crippen LogP contribution in [0.3, 0.4) is 0 Å². The molecular formula is C24H19N3O3S. The van der Waals surface area contributed by atoms with Gasteiger partial charge in [0.2, 0.25) is 0 Å². The Morgan fingerprint density at radius 1 is 0.935 bits per heavy atom. The highest BCUT2D eigenvalue weighted by Gasteiger charge is 2.35. The SMILES string of the molecule is Cc1cccc(C)c1N=C1S/C(=C\c2ccccc2[N+](=O)[O-])C(=O)N1c1ccccc1. The molecule has 3 aromatic rings. The van der Waals surface area contributed by atoms with Crippen LogP contribution in [-0.4, -0.2) is 16.0 Å². The maximum Gasteiger partial charge on any atom is 0.276 e. The van der Waals surface area contributed by atoms with Gasteiger partial charge in [-0.3, -0.25) is 19.8 Å². The molecule has 1 aliphatic heterocycles. The lowest BCUT2D eigenvalue weighted by atomic mass is 10.1. The lowest BCUT2D eigenvalue weighted by Crippen LogP contribution is -2.28. The van der Waals surface area contributed by atoms with E-state index in [2.05, 4.69) is 0 Å². The second kappa shape index (κ2) is 8.57. The summed E-state index contributed by atoms with van der Waals surface area (Å²) in [6.45, 7) is 3.95. The summed E-state index contributed by atoms with van der Waals surface area (Å²) in [4.78, 5) is 31.0. The van der Waals surface area contributed by atoms with Crippen LogP contribution in [0.2, 0.25) is 0 Å². The molecule has 1 saturated heterocycles. The third-order valence-electron chi connectivity index (χ3n) is 4.89. The number of aryl methyl sites for hydroxylation is 2. The maximum absolute atomic E-state index is 13.3. The van der Waals surface area contributed by atoms with Crippen molar-refractivity contribution in [3.63, 3.8) is 0 Å². The van der Waals surface area contributed by atoms with E-state index in [0.717, 1.165) is 16.8 Å². The standard InChI is InChI=1S/C24H19N3O3S/c1-16-9-8-10-17(2)22(16)25-24-26(19-12-4-3-5-13-19)23(28)21(31-24)15-18-11-6-7-14-20(18)27(29)30/h3-15H,1-2H3/b21-15-,25-24?. The average molecular weight is 430 g/mol. The summed E-state index contributed by atoms with van der Waals surface area (Å²) in [7, 11) is 0. The molecule has 1 amide bonds. The van der Waals surface area contributed by atoms with E-state index in [1.807, 2.05) is 62.4 Å². The highest BCUT2D eigenvalue weighted by Crippen LogP contribution is 2.39. The Balaban J connectivity index is 1.84. The molecular weight excluding hydrogens is 410 g/mol. The number of carbonyl (C=O) groups is 1. The summed E-state index contributed by atoms with van der Waals surface area (Å²) in [5.74, 6) is -0.265. The summed E-state index contributed by atoms with van der Waals surface area (Å²) in [6, 6.07) is 21.6. The number of hydrogen-bond donors (Lipinski definition) is 0. The summed E-state index contributed by atoms with van der Waals surface area (Å²) < 4.78 is 0. The largest absolute Gasteiger partial charge is 0.276 e. The van der Waals surface area contributed by atoms with Gasteiger partial charge in [-0.15, -0.1) is 0 Å². The van der Waals surface area contributed by atoms with Gasteiger partial charge in [0.1, 0.15) is 0 Å². The maximum atomic E-state index is 13.3. The molecule has 0 atom stereocenters. The Kier molecular flexibility index (Phi) is 5.68. The normalized spacial score (nSPS) is 16.3. The first kappa shape index (κ1) is 20.6. The van der Waals surface area contributed by atoms with Crippen molar-refractivity contribution in [2.45, 2.75) is 13.8 Å². The van der Waals surface area contributed by atoms with Gasteiger partial charge in [0.25, 0.3) is 11.6 Å². The Hall–Kier alpha value is -3.71. The molecule has 1 aliphatic rings. The number of carbonyl (C=O) groups excluding carboxylic acids is 1. The van der Waals surface area contributed by atoms with Crippen LogP contribution in [0.25, 0.3) is 6.08 Å². The van der Waals surface area contributed by atoms with Gasteiger partial charge in [0, 0.05) is 6.07 Å². The Labute approximate surface area is 184 Å². The number of amidine groups is 1. The summed E-state index contributed by atoms with van der Waals surface area (Å²) in [6.07, 6.45) is 1.56. The molecule has 0 radical (unpaired) electrons. The Morgan fingerprint density at radius 2 is 1.58 bits per heavy atom. The minimum absolute atomic E-state index is 0.0465. The van der Waals surface area contributed by atoms with Crippen molar-refractivity contribution in [2.24, 2.45) is 4.99 Å². The average Bonchev–Trinajstić information content (AvgIpc) is 3.06. The first-order chi connectivity index (χ1) is 15.0. The van der Waals surface area contributed by atoms with Crippen molar-refractivity contribution in [3.05, 3.63) is 105 Å². The van der Waals surface area contributed by atoms with E-state index in [-0.39, 0.29) is 11.6 Å². The van der Waals surface area contributed by atoms with Gasteiger partial charge in [-0.05, 0) is 61.0 Å². The molecule has 7 heteroatoms. The van der Waals surface area contributed by atoms with Gasteiger partial charge in [-0.2, -0.15) is 0 Å². The Morgan fingerprint density at radius 3 is 2.26 bits per heavy atom. The predicted molar refractivity (Wildman–Crippen MR) is 126 cm³/mol. The summed E-state index contributed by atoms with van der Waals surface area (Å²) >= 11 is 1.21. The zero-order chi connectivity index (χ0) is 22.0. The van der Waals surface area contributed by atoms with E-state index in [4.69, 9.17) is 4.99 Å². The number of anilines is 1. The number of nitro groups is 1. The van der Waals surface area contributed by atoms with Crippen molar-refractivity contribution in [1.29, 1.82) is 0 Å². The number of aliphatic imine (C=N–C) groups is 1.